The van der Waals surface area contributed by atoms with Crippen LogP contribution < -0.4 is 5.32 Å². The summed E-state index contributed by atoms with van der Waals surface area (Å²) in [5.41, 5.74) is 0.820. The Balaban J connectivity index is 2.53. The molecule has 0 spiro atoms. The van der Waals surface area contributed by atoms with Crippen molar-refractivity contribution in [1.29, 1.82) is 0 Å². The molecule has 1 aliphatic rings. The largest absolute Gasteiger partial charge is 0.314 e. The van der Waals surface area contributed by atoms with Crippen LogP contribution in [-0.4, -0.2) is 37.1 Å². The van der Waals surface area contributed by atoms with Crippen molar-refractivity contribution >= 4 is 0 Å². The van der Waals surface area contributed by atoms with Gasteiger partial charge in [-0.25, -0.2) is 0 Å². The molecule has 0 aliphatic carbocycles. The van der Waals surface area contributed by atoms with E-state index in [0.717, 1.165) is 12.5 Å². The van der Waals surface area contributed by atoms with Crippen molar-refractivity contribution in [3.05, 3.63) is 0 Å². The molecule has 2 heteroatoms. The fraction of sp³-hybridized carbons (Fsp3) is 1.00. The van der Waals surface area contributed by atoms with E-state index in [2.05, 4.69) is 58.7 Å². The second-order valence-corrected chi connectivity index (χ2v) is 8.54. The summed E-state index contributed by atoms with van der Waals surface area (Å²) in [6, 6.07) is 0.578. The van der Waals surface area contributed by atoms with Crippen LogP contribution in [0.2, 0.25) is 0 Å². The SMILES string of the molecule is CCNC(C)C(C)(C)CN1CCCC(C(C)(C)C)CC1. The molecule has 2 nitrogen and oxygen atoms in total. The molecule has 1 aliphatic heterocycles. The minimum Gasteiger partial charge on any atom is -0.314 e. The van der Waals surface area contributed by atoms with E-state index in [4.69, 9.17) is 0 Å². The first-order valence-electron chi connectivity index (χ1n) is 8.62. The lowest BCUT2D eigenvalue weighted by atomic mass is 9.77. The highest BCUT2D eigenvalue weighted by atomic mass is 15.1. The molecule has 0 bridgehead atoms. The molecule has 2 atom stereocenters. The Morgan fingerprint density at radius 1 is 1.10 bits per heavy atom. The lowest BCUT2D eigenvalue weighted by Gasteiger charge is -2.37. The van der Waals surface area contributed by atoms with Crippen LogP contribution in [0.25, 0.3) is 0 Å². The number of hydrogen-bond donors (Lipinski definition) is 1. The lowest BCUT2D eigenvalue weighted by Crippen LogP contribution is -2.47. The van der Waals surface area contributed by atoms with Gasteiger partial charge in [0.25, 0.3) is 0 Å². The molecular formula is C18H38N2. The smallest absolute Gasteiger partial charge is 0.0102 e. The number of rotatable bonds is 5. The maximum absolute atomic E-state index is 3.60. The molecule has 0 amide bonds. The van der Waals surface area contributed by atoms with Gasteiger partial charge in [-0.3, -0.25) is 0 Å². The summed E-state index contributed by atoms with van der Waals surface area (Å²) in [6.45, 7) is 21.4. The molecule has 1 fully saturated rings. The van der Waals surface area contributed by atoms with Gasteiger partial charge in [0.2, 0.25) is 0 Å². The average molecular weight is 283 g/mol. The third kappa shape index (κ3) is 5.37. The van der Waals surface area contributed by atoms with Gasteiger partial charge < -0.3 is 10.2 Å². The molecule has 0 aromatic heterocycles. The van der Waals surface area contributed by atoms with Gasteiger partial charge in [-0.15, -0.1) is 0 Å². The van der Waals surface area contributed by atoms with Gasteiger partial charge in [-0.2, -0.15) is 0 Å². The number of nitrogens with one attached hydrogen (secondary N) is 1. The Morgan fingerprint density at radius 3 is 2.30 bits per heavy atom. The average Bonchev–Trinajstić information content (AvgIpc) is 2.53. The fourth-order valence-corrected chi connectivity index (χ4v) is 3.48. The van der Waals surface area contributed by atoms with Gasteiger partial charge in [0.05, 0.1) is 0 Å². The van der Waals surface area contributed by atoms with E-state index >= 15 is 0 Å². The molecule has 0 aromatic rings. The van der Waals surface area contributed by atoms with E-state index in [1.54, 1.807) is 0 Å². The van der Waals surface area contributed by atoms with E-state index in [1.807, 2.05) is 0 Å². The summed E-state index contributed by atoms with van der Waals surface area (Å²) >= 11 is 0. The molecule has 0 saturated carbocycles. The Kier molecular flexibility index (Phi) is 6.53. The number of hydrogen-bond acceptors (Lipinski definition) is 2. The van der Waals surface area contributed by atoms with Crippen molar-refractivity contribution in [2.75, 3.05) is 26.2 Å². The quantitative estimate of drug-likeness (QED) is 0.814. The van der Waals surface area contributed by atoms with Gasteiger partial charge in [-0.1, -0.05) is 41.5 Å². The van der Waals surface area contributed by atoms with Gasteiger partial charge >= 0.3 is 0 Å². The Hall–Kier alpha value is -0.0800. The molecule has 2 unspecified atom stereocenters. The molecule has 1 N–H and O–H groups in total. The molecule has 1 saturated heterocycles. The maximum Gasteiger partial charge on any atom is 0.0102 e. The van der Waals surface area contributed by atoms with E-state index in [1.165, 1.54) is 38.9 Å². The molecular weight excluding hydrogens is 244 g/mol. The minimum atomic E-state index is 0.345. The van der Waals surface area contributed by atoms with Gasteiger partial charge in [-0.05, 0) is 62.6 Å². The molecule has 20 heavy (non-hydrogen) atoms. The normalized spacial score (nSPS) is 24.4. The second kappa shape index (κ2) is 7.26. The van der Waals surface area contributed by atoms with Gasteiger partial charge in [0.15, 0.2) is 0 Å². The van der Waals surface area contributed by atoms with Crippen LogP contribution in [-0.2, 0) is 0 Å². The first-order chi connectivity index (χ1) is 9.16. The summed E-state index contributed by atoms with van der Waals surface area (Å²) in [5, 5.41) is 3.60. The number of nitrogens with zero attached hydrogens (tertiary/aromatic N) is 1. The van der Waals surface area contributed by atoms with E-state index in [9.17, 15) is 0 Å². The number of likely N-dealkylation sites (tertiary alicyclic amines) is 1. The highest BCUT2D eigenvalue weighted by Gasteiger charge is 2.31. The minimum absolute atomic E-state index is 0.345. The van der Waals surface area contributed by atoms with Crippen LogP contribution in [0, 0.1) is 16.7 Å². The van der Waals surface area contributed by atoms with Crippen molar-refractivity contribution in [3.63, 3.8) is 0 Å². The van der Waals surface area contributed by atoms with Crippen molar-refractivity contribution in [2.45, 2.75) is 73.8 Å². The highest BCUT2D eigenvalue weighted by Crippen LogP contribution is 2.35. The molecule has 120 valence electrons. The molecule has 0 aromatic carbocycles. The first-order valence-corrected chi connectivity index (χ1v) is 8.62. The van der Waals surface area contributed by atoms with Crippen LogP contribution in [0.5, 0.6) is 0 Å². The molecule has 0 radical (unpaired) electrons. The summed E-state index contributed by atoms with van der Waals surface area (Å²) in [4.78, 5) is 2.71. The zero-order chi connectivity index (χ0) is 15.4. The summed E-state index contributed by atoms with van der Waals surface area (Å²) in [5.74, 6) is 0.891. The van der Waals surface area contributed by atoms with Crippen LogP contribution in [0.15, 0.2) is 0 Å². The van der Waals surface area contributed by atoms with Crippen molar-refractivity contribution in [1.82, 2.24) is 10.2 Å². The molecule has 1 heterocycles. The Bertz CT molecular complexity index is 278. The van der Waals surface area contributed by atoms with Gasteiger partial charge in [0.1, 0.15) is 0 Å². The predicted molar refractivity (Wildman–Crippen MR) is 90.2 cm³/mol. The van der Waals surface area contributed by atoms with Crippen molar-refractivity contribution in [2.24, 2.45) is 16.7 Å². The van der Waals surface area contributed by atoms with Gasteiger partial charge in [0, 0.05) is 12.6 Å². The second-order valence-electron chi connectivity index (χ2n) is 8.54. The summed E-state index contributed by atoms with van der Waals surface area (Å²) in [6.07, 6.45) is 4.14. The van der Waals surface area contributed by atoms with Crippen LogP contribution >= 0.6 is 0 Å². The predicted octanol–water partition coefficient (Wildman–Crippen LogP) is 4.16. The third-order valence-electron chi connectivity index (χ3n) is 5.36. The molecule has 1 rings (SSSR count). The monoisotopic (exact) mass is 282 g/mol. The maximum atomic E-state index is 3.60. The Morgan fingerprint density at radius 2 is 1.75 bits per heavy atom. The van der Waals surface area contributed by atoms with E-state index in [-0.39, 0.29) is 0 Å². The standard InChI is InChI=1S/C18H38N2/c1-8-19-15(2)18(6,7)14-20-12-9-10-16(11-13-20)17(3,4)5/h15-16,19H,8-14H2,1-7H3. The van der Waals surface area contributed by atoms with E-state index in [0.29, 0.717) is 16.9 Å². The Labute approximate surface area is 127 Å². The van der Waals surface area contributed by atoms with Crippen molar-refractivity contribution < 1.29 is 0 Å². The topological polar surface area (TPSA) is 15.3 Å². The third-order valence-corrected chi connectivity index (χ3v) is 5.36. The van der Waals surface area contributed by atoms with Crippen molar-refractivity contribution in [3.8, 4) is 0 Å². The summed E-state index contributed by atoms with van der Waals surface area (Å²) < 4.78 is 0. The highest BCUT2D eigenvalue weighted by molar-refractivity contribution is 4.86. The van der Waals surface area contributed by atoms with Crippen LogP contribution in [0.3, 0.4) is 0 Å². The van der Waals surface area contributed by atoms with E-state index < -0.39 is 0 Å². The zero-order valence-corrected chi connectivity index (χ0v) is 15.1. The lowest BCUT2D eigenvalue weighted by molar-refractivity contribution is 0.141. The first kappa shape index (κ1) is 18.0. The van der Waals surface area contributed by atoms with Crippen LogP contribution in [0.1, 0.15) is 67.7 Å². The summed E-state index contributed by atoms with van der Waals surface area (Å²) in [7, 11) is 0. The zero-order valence-electron chi connectivity index (χ0n) is 15.1. The fourth-order valence-electron chi connectivity index (χ4n) is 3.48. The van der Waals surface area contributed by atoms with Crippen LogP contribution in [0.4, 0.5) is 0 Å².